The van der Waals surface area contributed by atoms with Crippen LogP contribution in [0.1, 0.15) is 20.7 Å². The van der Waals surface area contributed by atoms with Crippen molar-refractivity contribution < 1.29 is 53.8 Å². The summed E-state index contributed by atoms with van der Waals surface area (Å²) in [6.45, 7) is 0. The Morgan fingerprint density at radius 1 is 1.34 bits per heavy atom. The van der Waals surface area contributed by atoms with Crippen LogP contribution < -0.4 is 45.7 Å². The minimum absolute atomic E-state index is 0. The normalized spacial score (nSPS) is 20.7. The van der Waals surface area contributed by atoms with Crippen LogP contribution in [0.2, 0.25) is 0 Å². The zero-order chi connectivity index (χ0) is 22.1. The molecule has 2 aromatic heterocycles. The molecule has 2 aliphatic heterocycles. The van der Waals surface area contributed by atoms with E-state index in [1.54, 1.807) is 22.9 Å². The van der Waals surface area contributed by atoms with Crippen molar-refractivity contribution in [3.63, 3.8) is 0 Å². The largest absolute Gasteiger partial charge is 1.00 e. The summed E-state index contributed by atoms with van der Waals surface area (Å²) in [5.41, 5.74) is 6.13. The predicted molar refractivity (Wildman–Crippen MR) is 117 cm³/mol. The monoisotopic (exact) mass is 518 g/mol. The number of carboxylic acids is 1. The van der Waals surface area contributed by atoms with E-state index < -0.39 is 35.2 Å². The second-order valence-electron chi connectivity index (χ2n) is 6.54. The number of β-lactam (4-membered cyclic amide) rings is 1. The van der Waals surface area contributed by atoms with Gasteiger partial charge >= 0.3 is 29.6 Å². The number of carbonyl (C=O) groups is 4. The SMILES string of the molecule is NC(C(=O)NC1C(=O)N2C(C(=O)[O-])=C(CSC(=O)c3nccs3)CS[C@H]12)c1cccs1.[Na+]. The van der Waals surface area contributed by atoms with Crippen LogP contribution in [0.25, 0.3) is 0 Å². The Morgan fingerprint density at radius 2 is 2.12 bits per heavy atom. The van der Waals surface area contributed by atoms with Crippen molar-refractivity contribution in [2.45, 2.75) is 17.5 Å². The molecule has 2 aromatic rings. The van der Waals surface area contributed by atoms with Crippen molar-refractivity contribution in [2.24, 2.45) is 5.73 Å². The fraction of sp³-hybridized carbons (Fsp3) is 0.278. The zero-order valence-electron chi connectivity index (χ0n) is 16.7. The topological polar surface area (TPSA) is 146 Å². The molecule has 0 spiro atoms. The molecule has 162 valence electrons. The van der Waals surface area contributed by atoms with E-state index >= 15 is 0 Å². The van der Waals surface area contributed by atoms with Gasteiger partial charge in [0.2, 0.25) is 11.0 Å². The first-order valence-corrected chi connectivity index (χ1v) is 12.7. The number of aliphatic carboxylic acids is 1. The van der Waals surface area contributed by atoms with Crippen LogP contribution >= 0.6 is 46.2 Å². The number of thiazole rings is 1. The van der Waals surface area contributed by atoms with Crippen molar-refractivity contribution >= 4 is 69.1 Å². The number of nitrogens with one attached hydrogen (secondary N) is 1. The molecule has 1 saturated heterocycles. The van der Waals surface area contributed by atoms with Crippen LogP contribution in [0.5, 0.6) is 0 Å². The number of rotatable bonds is 7. The van der Waals surface area contributed by atoms with Crippen LogP contribution in [0.15, 0.2) is 40.4 Å². The van der Waals surface area contributed by atoms with Gasteiger partial charge in [-0.1, -0.05) is 17.8 Å². The Labute approximate surface area is 221 Å². The Hall–Kier alpha value is -1.19. The molecule has 2 unspecified atom stereocenters. The summed E-state index contributed by atoms with van der Waals surface area (Å²) in [5, 5.41) is 17.4. The summed E-state index contributed by atoms with van der Waals surface area (Å²) in [5.74, 6) is -2.14. The smallest absolute Gasteiger partial charge is 0.543 e. The van der Waals surface area contributed by atoms with Gasteiger partial charge in [-0.15, -0.1) is 34.4 Å². The molecule has 0 radical (unpaired) electrons. The molecule has 2 aliphatic rings. The van der Waals surface area contributed by atoms with Gasteiger partial charge in [0.05, 0.1) is 11.7 Å². The number of nitrogens with zero attached hydrogens (tertiary/aromatic N) is 2. The van der Waals surface area contributed by atoms with Gasteiger partial charge in [0.15, 0.2) is 5.01 Å². The van der Waals surface area contributed by atoms with E-state index in [0.717, 1.165) is 16.7 Å². The van der Waals surface area contributed by atoms with Crippen molar-refractivity contribution in [3.05, 3.63) is 50.2 Å². The summed E-state index contributed by atoms with van der Waals surface area (Å²) < 4.78 is 0. The fourth-order valence-corrected chi connectivity index (χ4v) is 6.87. The average Bonchev–Trinajstić information content (AvgIpc) is 3.48. The van der Waals surface area contributed by atoms with Gasteiger partial charge in [0.1, 0.15) is 17.5 Å². The van der Waals surface area contributed by atoms with Crippen LogP contribution in [-0.2, 0) is 14.4 Å². The quantitative estimate of drug-likeness (QED) is 0.293. The maximum absolute atomic E-state index is 12.7. The van der Waals surface area contributed by atoms with Crippen molar-refractivity contribution in [2.75, 3.05) is 11.5 Å². The Bertz CT molecular complexity index is 1060. The maximum atomic E-state index is 12.7. The Morgan fingerprint density at radius 3 is 2.75 bits per heavy atom. The second-order valence-corrected chi connectivity index (χ2v) is 10.5. The Kier molecular flexibility index (Phi) is 8.60. The minimum atomic E-state index is -1.49. The van der Waals surface area contributed by atoms with Gasteiger partial charge in [-0.3, -0.25) is 19.3 Å². The molecular formula is C18H15N4NaO5S4. The van der Waals surface area contributed by atoms with Gasteiger partial charge in [-0.25, -0.2) is 4.98 Å². The molecule has 4 rings (SSSR count). The number of amides is 2. The number of hydrogen-bond acceptors (Lipinski definition) is 11. The molecule has 1 fully saturated rings. The molecule has 3 N–H and O–H groups in total. The van der Waals surface area contributed by atoms with Gasteiger partial charge < -0.3 is 21.0 Å². The van der Waals surface area contributed by atoms with Gasteiger partial charge in [-0.2, -0.15) is 0 Å². The Balaban J connectivity index is 0.00000289. The summed E-state index contributed by atoms with van der Waals surface area (Å²) in [6.07, 6.45) is 1.52. The van der Waals surface area contributed by atoms with Crippen LogP contribution in [0.3, 0.4) is 0 Å². The molecule has 2 amide bonds. The van der Waals surface area contributed by atoms with Crippen molar-refractivity contribution in [3.8, 4) is 0 Å². The number of thiophene rings is 1. The standard InChI is InChI=1S/C18H16N4O5S4.Na/c19-10(9-2-1-4-28-9)13(23)21-11-15(24)22-12(17(25)26)8(6-30-16(11)22)7-31-18(27)14-20-3-5-29-14;/h1-5,10-11,16H,6-7,19H2,(H,21,23)(H,25,26);/q;+1/p-1/t10?,11?,16-;/m1./s1. The summed E-state index contributed by atoms with van der Waals surface area (Å²) >= 11 is 4.78. The number of nitrogens with two attached hydrogens (primary N) is 1. The van der Waals surface area contributed by atoms with Crippen LogP contribution in [0, 0.1) is 0 Å². The van der Waals surface area contributed by atoms with E-state index in [2.05, 4.69) is 10.3 Å². The minimum Gasteiger partial charge on any atom is -0.543 e. The van der Waals surface area contributed by atoms with E-state index in [9.17, 15) is 24.3 Å². The molecule has 0 aromatic carbocycles. The molecule has 32 heavy (non-hydrogen) atoms. The van der Waals surface area contributed by atoms with Crippen LogP contribution in [0.4, 0.5) is 0 Å². The third kappa shape index (κ3) is 4.99. The van der Waals surface area contributed by atoms with Gasteiger partial charge in [0.25, 0.3) is 5.91 Å². The average molecular weight is 519 g/mol. The van der Waals surface area contributed by atoms with Gasteiger partial charge in [-0.05, 0) is 17.0 Å². The first kappa shape index (κ1) is 25.4. The summed E-state index contributed by atoms with van der Waals surface area (Å²) in [6, 6.07) is 1.72. The molecule has 0 saturated carbocycles. The van der Waals surface area contributed by atoms with E-state index in [1.807, 2.05) is 0 Å². The molecule has 3 atom stereocenters. The molecule has 14 heteroatoms. The number of hydrogen-bond donors (Lipinski definition) is 2. The second kappa shape index (κ2) is 10.8. The predicted octanol–water partition coefficient (Wildman–Crippen LogP) is -2.81. The number of carboxylic acid groups (broad SMARTS) is 1. The number of fused-ring (bicyclic) bond motifs is 1. The third-order valence-electron chi connectivity index (χ3n) is 4.65. The van der Waals surface area contributed by atoms with Crippen molar-refractivity contribution in [1.29, 1.82) is 0 Å². The molecular weight excluding hydrogens is 503 g/mol. The first-order chi connectivity index (χ1) is 14.9. The number of thioether (sulfide) groups is 2. The van der Waals surface area contributed by atoms with E-state index in [-0.39, 0.29) is 46.1 Å². The first-order valence-electron chi connectivity index (χ1n) is 8.92. The zero-order valence-corrected chi connectivity index (χ0v) is 21.9. The van der Waals surface area contributed by atoms with E-state index in [1.165, 1.54) is 40.6 Å². The number of carbonyl (C=O) groups excluding carboxylic acids is 4. The fourth-order valence-electron chi connectivity index (χ4n) is 3.16. The van der Waals surface area contributed by atoms with Crippen LogP contribution in [-0.4, -0.2) is 55.7 Å². The molecule has 0 aliphatic carbocycles. The molecule has 4 heterocycles. The van der Waals surface area contributed by atoms with Crippen molar-refractivity contribution in [1.82, 2.24) is 15.2 Å². The number of aromatic nitrogens is 1. The molecule has 0 bridgehead atoms. The summed E-state index contributed by atoms with van der Waals surface area (Å²) in [4.78, 5) is 54.8. The molecule has 9 nitrogen and oxygen atoms in total. The van der Waals surface area contributed by atoms with E-state index in [4.69, 9.17) is 5.73 Å². The van der Waals surface area contributed by atoms with Gasteiger partial charge in [0, 0.05) is 28.0 Å². The summed E-state index contributed by atoms with van der Waals surface area (Å²) in [7, 11) is 0. The third-order valence-corrected chi connectivity index (χ3v) is 8.80. The van der Waals surface area contributed by atoms with E-state index in [0.29, 0.717) is 21.2 Å². The maximum Gasteiger partial charge on any atom is 1.00 e.